The van der Waals surface area contributed by atoms with Crippen molar-refractivity contribution in [2.24, 2.45) is 0 Å². The zero-order chi connectivity index (χ0) is 11.0. The second-order valence-electron chi connectivity index (χ2n) is 3.14. The molecule has 0 spiro atoms. The van der Waals surface area contributed by atoms with E-state index in [4.69, 9.17) is 16.2 Å². The minimum atomic E-state index is -2.20. The standard InChI is InChI=1S/C8H8ClFN2O2S/c9-6-3-5-1-2-12(11-15(13)14)8(5)7(10)4-6/h3-4,11H,1-2H2,(H,13,14). The van der Waals surface area contributed by atoms with Gasteiger partial charge in [0, 0.05) is 11.6 Å². The topological polar surface area (TPSA) is 52.6 Å². The van der Waals surface area contributed by atoms with Crippen molar-refractivity contribution in [3.05, 3.63) is 28.5 Å². The first-order valence-electron chi connectivity index (χ1n) is 4.20. The molecular formula is C8H8ClFN2O2S. The predicted octanol–water partition coefficient (Wildman–Crippen LogP) is 1.48. The number of hydrogen-bond donors (Lipinski definition) is 2. The smallest absolute Gasteiger partial charge is 0.250 e. The van der Waals surface area contributed by atoms with Gasteiger partial charge >= 0.3 is 0 Å². The van der Waals surface area contributed by atoms with Crippen molar-refractivity contribution in [1.29, 1.82) is 0 Å². The summed E-state index contributed by atoms with van der Waals surface area (Å²) in [5, 5.41) is 1.65. The first-order chi connectivity index (χ1) is 7.08. The van der Waals surface area contributed by atoms with Crippen molar-refractivity contribution in [1.82, 2.24) is 4.83 Å². The monoisotopic (exact) mass is 250 g/mol. The Kier molecular flexibility index (Phi) is 2.92. The number of nitrogens with zero attached hydrogens (tertiary/aromatic N) is 1. The number of fused-ring (bicyclic) bond motifs is 1. The number of anilines is 1. The number of halogens is 2. The number of hydrogen-bond acceptors (Lipinski definition) is 2. The molecule has 1 unspecified atom stereocenters. The Morgan fingerprint density at radius 1 is 1.60 bits per heavy atom. The Labute approximate surface area is 93.4 Å². The van der Waals surface area contributed by atoms with Crippen molar-refractivity contribution in [2.45, 2.75) is 6.42 Å². The Morgan fingerprint density at radius 2 is 2.33 bits per heavy atom. The molecule has 1 aromatic carbocycles. The molecule has 0 amide bonds. The minimum Gasteiger partial charge on any atom is -0.293 e. The average molecular weight is 251 g/mol. The Balaban J connectivity index is 2.37. The molecule has 0 aromatic heterocycles. The van der Waals surface area contributed by atoms with Crippen molar-refractivity contribution in [3.63, 3.8) is 0 Å². The fourth-order valence-corrected chi connectivity index (χ4v) is 2.24. The third-order valence-electron chi connectivity index (χ3n) is 2.17. The lowest BCUT2D eigenvalue weighted by Gasteiger charge is -2.17. The van der Waals surface area contributed by atoms with E-state index in [2.05, 4.69) is 4.83 Å². The quantitative estimate of drug-likeness (QED) is 0.782. The molecule has 4 nitrogen and oxygen atoms in total. The summed E-state index contributed by atoms with van der Waals surface area (Å²) < 4.78 is 32.7. The molecule has 1 atom stereocenters. The SMILES string of the molecule is O=S(O)NN1CCc2cc(Cl)cc(F)c21. The van der Waals surface area contributed by atoms with Crippen LogP contribution in [0.15, 0.2) is 12.1 Å². The summed E-state index contributed by atoms with van der Waals surface area (Å²) in [6, 6.07) is 2.84. The molecule has 0 saturated carbocycles. The third kappa shape index (κ3) is 2.12. The lowest BCUT2D eigenvalue weighted by Crippen LogP contribution is -2.38. The highest BCUT2D eigenvalue weighted by Gasteiger charge is 2.24. The number of benzene rings is 1. The van der Waals surface area contributed by atoms with Crippen LogP contribution in [0.2, 0.25) is 5.02 Å². The van der Waals surface area contributed by atoms with Gasteiger partial charge in [0.15, 0.2) is 0 Å². The molecule has 0 bridgehead atoms. The van der Waals surface area contributed by atoms with Crippen molar-refractivity contribution >= 4 is 28.6 Å². The van der Waals surface area contributed by atoms with Gasteiger partial charge in [0.2, 0.25) is 0 Å². The summed E-state index contributed by atoms with van der Waals surface area (Å²) in [6.45, 7) is 0.443. The van der Waals surface area contributed by atoms with Crippen LogP contribution < -0.4 is 9.84 Å². The lowest BCUT2D eigenvalue weighted by molar-refractivity contribution is 0.543. The number of rotatable bonds is 2. The van der Waals surface area contributed by atoms with Gasteiger partial charge in [-0.3, -0.25) is 9.56 Å². The molecule has 1 aliphatic heterocycles. The average Bonchev–Trinajstić information content (AvgIpc) is 2.46. The zero-order valence-electron chi connectivity index (χ0n) is 7.54. The highest BCUT2D eigenvalue weighted by atomic mass is 35.5. The van der Waals surface area contributed by atoms with Crippen molar-refractivity contribution in [2.75, 3.05) is 11.6 Å². The minimum absolute atomic E-state index is 0.293. The highest BCUT2D eigenvalue weighted by Crippen LogP contribution is 2.32. The van der Waals surface area contributed by atoms with E-state index >= 15 is 0 Å². The normalized spacial score (nSPS) is 16.6. The summed E-state index contributed by atoms with van der Waals surface area (Å²) in [4.78, 5) is 2.24. The van der Waals surface area contributed by atoms with E-state index in [0.29, 0.717) is 23.7 Å². The van der Waals surface area contributed by atoms with Crippen LogP contribution in [-0.4, -0.2) is 15.3 Å². The number of hydrazine groups is 1. The van der Waals surface area contributed by atoms with E-state index in [1.54, 1.807) is 6.07 Å². The van der Waals surface area contributed by atoms with Gasteiger partial charge < -0.3 is 0 Å². The molecule has 1 heterocycles. The lowest BCUT2D eigenvalue weighted by atomic mass is 10.1. The molecular weight excluding hydrogens is 243 g/mol. The van der Waals surface area contributed by atoms with Crippen LogP contribution >= 0.6 is 11.6 Å². The Bertz CT molecular complexity index is 429. The van der Waals surface area contributed by atoms with E-state index < -0.39 is 17.1 Å². The summed E-state index contributed by atoms with van der Waals surface area (Å²) in [6.07, 6.45) is 0.594. The van der Waals surface area contributed by atoms with E-state index in [0.717, 1.165) is 5.56 Å². The van der Waals surface area contributed by atoms with Gasteiger partial charge in [0.25, 0.3) is 11.3 Å². The maximum absolute atomic E-state index is 13.5. The molecule has 82 valence electrons. The maximum Gasteiger partial charge on any atom is 0.250 e. The molecule has 2 rings (SSSR count). The Hall–Kier alpha value is -0.690. The van der Waals surface area contributed by atoms with Gasteiger partial charge in [-0.25, -0.2) is 8.60 Å². The first-order valence-corrected chi connectivity index (χ1v) is 5.69. The summed E-state index contributed by atoms with van der Waals surface area (Å²) in [5.41, 5.74) is 1.03. The molecule has 0 aliphatic carbocycles. The maximum atomic E-state index is 13.5. The van der Waals surface area contributed by atoms with Gasteiger partial charge in [-0.2, -0.15) is 0 Å². The second-order valence-corrected chi connectivity index (χ2v) is 4.25. The van der Waals surface area contributed by atoms with Crippen molar-refractivity contribution < 1.29 is 13.2 Å². The van der Waals surface area contributed by atoms with E-state index in [-0.39, 0.29) is 0 Å². The molecule has 0 saturated heterocycles. The molecule has 0 fully saturated rings. The second kappa shape index (κ2) is 4.05. The van der Waals surface area contributed by atoms with Crippen LogP contribution in [0.25, 0.3) is 0 Å². The molecule has 1 aromatic rings. The molecule has 0 radical (unpaired) electrons. The van der Waals surface area contributed by atoms with E-state index in [1.165, 1.54) is 11.1 Å². The molecule has 2 N–H and O–H groups in total. The summed E-state index contributed by atoms with van der Waals surface area (Å²) in [5.74, 6) is -0.493. The van der Waals surface area contributed by atoms with Gasteiger partial charge in [0.1, 0.15) is 5.82 Å². The molecule has 15 heavy (non-hydrogen) atoms. The highest BCUT2D eigenvalue weighted by molar-refractivity contribution is 7.77. The number of nitrogens with one attached hydrogen (secondary N) is 1. The fraction of sp³-hybridized carbons (Fsp3) is 0.250. The zero-order valence-corrected chi connectivity index (χ0v) is 9.11. The van der Waals surface area contributed by atoms with E-state index in [1.807, 2.05) is 0 Å². The third-order valence-corrected chi connectivity index (χ3v) is 2.76. The van der Waals surface area contributed by atoms with Gasteiger partial charge in [0.05, 0.1) is 5.69 Å². The largest absolute Gasteiger partial charge is 0.293 e. The first kappa shape index (κ1) is 10.8. The molecule has 1 aliphatic rings. The van der Waals surface area contributed by atoms with Gasteiger partial charge in [-0.15, -0.1) is 4.83 Å². The van der Waals surface area contributed by atoms with Gasteiger partial charge in [-0.05, 0) is 24.1 Å². The molecule has 7 heteroatoms. The predicted molar refractivity (Wildman–Crippen MR) is 56.4 cm³/mol. The summed E-state index contributed by atoms with van der Waals surface area (Å²) in [7, 11) is 0. The van der Waals surface area contributed by atoms with Crippen LogP contribution in [0.4, 0.5) is 10.1 Å². The fourth-order valence-electron chi connectivity index (χ4n) is 1.64. The van der Waals surface area contributed by atoms with Crippen LogP contribution in [0, 0.1) is 5.82 Å². The van der Waals surface area contributed by atoms with Crippen LogP contribution in [0.5, 0.6) is 0 Å². The van der Waals surface area contributed by atoms with Crippen LogP contribution in [0.3, 0.4) is 0 Å². The van der Waals surface area contributed by atoms with Crippen molar-refractivity contribution in [3.8, 4) is 0 Å². The Morgan fingerprint density at radius 3 is 3.00 bits per heavy atom. The van der Waals surface area contributed by atoms with Crippen LogP contribution in [0.1, 0.15) is 5.56 Å². The summed E-state index contributed by atoms with van der Waals surface area (Å²) >= 11 is 3.49. The van der Waals surface area contributed by atoms with E-state index in [9.17, 15) is 8.60 Å². The van der Waals surface area contributed by atoms with Gasteiger partial charge in [-0.1, -0.05) is 11.6 Å². The van der Waals surface area contributed by atoms with Crippen LogP contribution in [-0.2, 0) is 17.7 Å².